The molecule has 92 valence electrons. The molecule has 0 fully saturated rings. The highest BCUT2D eigenvalue weighted by Crippen LogP contribution is 2.14. The van der Waals surface area contributed by atoms with Crippen LogP contribution in [0.1, 0.15) is 23.3 Å². The molecule has 7 heteroatoms. The van der Waals surface area contributed by atoms with Gasteiger partial charge in [0.1, 0.15) is 6.33 Å². The van der Waals surface area contributed by atoms with Crippen LogP contribution in [0.25, 0.3) is 5.65 Å². The lowest BCUT2D eigenvalue weighted by Crippen LogP contribution is -2.17. The number of hydrogen-bond acceptors (Lipinski definition) is 5. The first kappa shape index (κ1) is 10.8. The van der Waals surface area contributed by atoms with Crippen LogP contribution in [0.3, 0.4) is 0 Å². The summed E-state index contributed by atoms with van der Waals surface area (Å²) < 4.78 is 1.81. The fourth-order valence-corrected chi connectivity index (χ4v) is 1.88. The van der Waals surface area contributed by atoms with Crippen molar-refractivity contribution in [1.29, 1.82) is 0 Å². The van der Waals surface area contributed by atoms with Gasteiger partial charge >= 0.3 is 0 Å². The summed E-state index contributed by atoms with van der Waals surface area (Å²) in [4.78, 5) is 11.2. The molecule has 0 spiro atoms. The van der Waals surface area contributed by atoms with E-state index in [9.17, 15) is 0 Å². The van der Waals surface area contributed by atoms with E-state index < -0.39 is 0 Å². The fourth-order valence-electron chi connectivity index (χ4n) is 1.88. The van der Waals surface area contributed by atoms with Crippen LogP contribution in [-0.2, 0) is 6.42 Å². The van der Waals surface area contributed by atoms with Crippen molar-refractivity contribution in [3.8, 4) is 0 Å². The summed E-state index contributed by atoms with van der Waals surface area (Å²) in [5.74, 6) is 0.701. The monoisotopic (exact) mass is 243 g/mol. The van der Waals surface area contributed by atoms with Gasteiger partial charge in [-0.1, -0.05) is 0 Å². The third kappa shape index (κ3) is 1.84. The lowest BCUT2D eigenvalue weighted by molar-refractivity contribution is 0.647. The van der Waals surface area contributed by atoms with E-state index in [4.69, 9.17) is 5.73 Å². The summed E-state index contributed by atoms with van der Waals surface area (Å²) in [6, 6.07) is 1.63. The zero-order chi connectivity index (χ0) is 12.5. The van der Waals surface area contributed by atoms with E-state index in [1.54, 1.807) is 18.9 Å². The number of hydrogen-bond donors (Lipinski definition) is 2. The quantitative estimate of drug-likeness (QED) is 0.693. The highest BCUT2D eigenvalue weighted by Gasteiger charge is 2.15. The molecule has 0 aliphatic heterocycles. The van der Waals surface area contributed by atoms with Gasteiger partial charge in [0.25, 0.3) is 0 Å². The molecule has 0 saturated carbocycles. The van der Waals surface area contributed by atoms with E-state index in [1.807, 2.05) is 17.4 Å². The summed E-state index contributed by atoms with van der Waals surface area (Å²) in [7, 11) is 0. The number of nitrogens with zero attached hydrogens (tertiary/aromatic N) is 5. The number of nitrogens with two attached hydrogens (primary N) is 1. The Morgan fingerprint density at radius 2 is 2.33 bits per heavy atom. The molecule has 0 amide bonds. The molecule has 3 aromatic heterocycles. The minimum Gasteiger partial charge on any atom is -0.348 e. The number of aromatic nitrogens is 6. The van der Waals surface area contributed by atoms with Crippen molar-refractivity contribution in [2.24, 2.45) is 5.73 Å². The largest absolute Gasteiger partial charge is 0.348 e. The molecule has 3 N–H and O–H groups in total. The summed E-state index contributed by atoms with van der Waals surface area (Å²) in [6.07, 6.45) is 5.72. The van der Waals surface area contributed by atoms with Gasteiger partial charge in [-0.25, -0.2) is 9.97 Å². The first-order chi connectivity index (χ1) is 8.74. The summed E-state index contributed by atoms with van der Waals surface area (Å²) >= 11 is 0. The predicted octanol–water partition coefficient (Wildman–Crippen LogP) is 0.398. The van der Waals surface area contributed by atoms with Crippen molar-refractivity contribution < 1.29 is 0 Å². The fraction of sp³-hybridized carbons (Fsp3) is 0.273. The number of rotatable bonds is 3. The van der Waals surface area contributed by atoms with Crippen LogP contribution in [-0.4, -0.2) is 29.5 Å². The average Bonchev–Trinajstić information content (AvgIpc) is 2.97. The Bertz CT molecular complexity index is 655. The smallest absolute Gasteiger partial charge is 0.163 e. The molecule has 0 aliphatic rings. The van der Waals surface area contributed by atoms with Gasteiger partial charge in [0.2, 0.25) is 0 Å². The summed E-state index contributed by atoms with van der Waals surface area (Å²) in [5.41, 5.74) is 8.78. The highest BCUT2D eigenvalue weighted by atomic mass is 15.3. The molecule has 0 bridgehead atoms. The SMILES string of the molecule is Cc1cc2nnc(C(N)Cc3cnc[nH]3)n2cn1. The molecule has 0 aromatic carbocycles. The van der Waals surface area contributed by atoms with Crippen molar-refractivity contribution in [2.45, 2.75) is 19.4 Å². The van der Waals surface area contributed by atoms with Gasteiger partial charge in [0.15, 0.2) is 11.5 Å². The Morgan fingerprint density at radius 1 is 1.44 bits per heavy atom. The molecular formula is C11H13N7. The molecular weight excluding hydrogens is 230 g/mol. The van der Waals surface area contributed by atoms with Crippen LogP contribution in [0.5, 0.6) is 0 Å². The zero-order valence-corrected chi connectivity index (χ0v) is 9.91. The molecule has 3 aromatic rings. The molecule has 1 atom stereocenters. The van der Waals surface area contributed by atoms with Gasteiger partial charge in [0, 0.05) is 30.1 Å². The normalized spacial score (nSPS) is 13.0. The van der Waals surface area contributed by atoms with E-state index >= 15 is 0 Å². The second-order valence-corrected chi connectivity index (χ2v) is 4.20. The highest BCUT2D eigenvalue weighted by molar-refractivity contribution is 5.38. The maximum absolute atomic E-state index is 6.14. The van der Waals surface area contributed by atoms with Crippen molar-refractivity contribution >= 4 is 5.65 Å². The summed E-state index contributed by atoms with van der Waals surface area (Å²) in [5, 5.41) is 8.23. The molecule has 7 nitrogen and oxygen atoms in total. The van der Waals surface area contributed by atoms with Crippen molar-refractivity contribution in [3.05, 3.63) is 42.1 Å². The van der Waals surface area contributed by atoms with E-state index in [-0.39, 0.29) is 6.04 Å². The molecule has 3 heterocycles. The van der Waals surface area contributed by atoms with Gasteiger partial charge in [-0.3, -0.25) is 4.40 Å². The predicted molar refractivity (Wildman–Crippen MR) is 64.7 cm³/mol. The molecule has 18 heavy (non-hydrogen) atoms. The van der Waals surface area contributed by atoms with Gasteiger partial charge in [-0.15, -0.1) is 10.2 Å². The van der Waals surface area contributed by atoms with Crippen molar-refractivity contribution in [3.63, 3.8) is 0 Å². The molecule has 1 unspecified atom stereocenters. The van der Waals surface area contributed by atoms with Crippen molar-refractivity contribution in [2.75, 3.05) is 0 Å². The van der Waals surface area contributed by atoms with Crippen LogP contribution < -0.4 is 5.73 Å². The van der Waals surface area contributed by atoms with Gasteiger partial charge in [-0.2, -0.15) is 0 Å². The topological polar surface area (TPSA) is 97.8 Å². The minimum absolute atomic E-state index is 0.245. The Labute approximate surface area is 103 Å². The standard InChI is InChI=1S/C11H13N7/c1-7-2-10-16-17-11(18(10)6-15-7)9(12)3-8-4-13-5-14-8/h2,4-6,9H,3,12H2,1H3,(H,13,14). The molecule has 3 rings (SSSR count). The summed E-state index contributed by atoms with van der Waals surface area (Å²) in [6.45, 7) is 1.92. The first-order valence-electron chi connectivity index (χ1n) is 5.64. The first-order valence-corrected chi connectivity index (χ1v) is 5.64. The molecule has 0 radical (unpaired) electrons. The van der Waals surface area contributed by atoms with E-state index in [2.05, 4.69) is 25.1 Å². The Hall–Kier alpha value is -2.28. The lowest BCUT2D eigenvalue weighted by atomic mass is 10.1. The second-order valence-electron chi connectivity index (χ2n) is 4.20. The van der Waals surface area contributed by atoms with Crippen LogP contribution in [0.15, 0.2) is 24.9 Å². The van der Waals surface area contributed by atoms with Crippen LogP contribution >= 0.6 is 0 Å². The number of aryl methyl sites for hydroxylation is 1. The number of H-pyrrole nitrogens is 1. The number of nitrogens with one attached hydrogen (secondary N) is 1. The van der Waals surface area contributed by atoms with Crippen LogP contribution in [0.2, 0.25) is 0 Å². The van der Waals surface area contributed by atoms with E-state index in [0.717, 1.165) is 17.0 Å². The number of aromatic amines is 1. The minimum atomic E-state index is -0.245. The van der Waals surface area contributed by atoms with Gasteiger partial charge < -0.3 is 10.7 Å². The zero-order valence-electron chi connectivity index (χ0n) is 9.91. The number of fused-ring (bicyclic) bond motifs is 1. The second kappa shape index (κ2) is 4.19. The van der Waals surface area contributed by atoms with Gasteiger partial charge in [0.05, 0.1) is 12.4 Å². The van der Waals surface area contributed by atoms with Crippen molar-refractivity contribution in [1.82, 2.24) is 29.5 Å². The Morgan fingerprint density at radius 3 is 3.11 bits per heavy atom. The maximum Gasteiger partial charge on any atom is 0.163 e. The Kier molecular flexibility index (Phi) is 2.52. The van der Waals surface area contributed by atoms with E-state index in [1.165, 1.54) is 0 Å². The molecule has 0 aliphatic carbocycles. The van der Waals surface area contributed by atoms with Crippen LogP contribution in [0, 0.1) is 6.92 Å². The van der Waals surface area contributed by atoms with Gasteiger partial charge in [-0.05, 0) is 6.92 Å². The van der Waals surface area contributed by atoms with Crippen LogP contribution in [0.4, 0.5) is 0 Å². The lowest BCUT2D eigenvalue weighted by Gasteiger charge is -2.08. The third-order valence-electron chi connectivity index (χ3n) is 2.79. The maximum atomic E-state index is 6.14. The average molecular weight is 243 g/mol. The van der Waals surface area contributed by atoms with E-state index in [0.29, 0.717) is 12.2 Å². The number of imidazole rings is 1. The Balaban J connectivity index is 1.94. The molecule has 0 saturated heterocycles. The third-order valence-corrected chi connectivity index (χ3v) is 2.79.